The predicted octanol–water partition coefficient (Wildman–Crippen LogP) is 3.93. The second kappa shape index (κ2) is 6.50. The molecule has 0 aliphatic carbocycles. The van der Waals surface area contributed by atoms with Crippen molar-refractivity contribution in [1.29, 1.82) is 0 Å². The quantitative estimate of drug-likeness (QED) is 0.909. The van der Waals surface area contributed by atoms with Gasteiger partial charge in [0.2, 0.25) is 0 Å². The van der Waals surface area contributed by atoms with Crippen molar-refractivity contribution >= 4 is 17.6 Å². The Morgan fingerprint density at radius 3 is 2.62 bits per heavy atom. The molecule has 0 aliphatic heterocycles. The van der Waals surface area contributed by atoms with E-state index in [1.165, 1.54) is 13.2 Å². The highest BCUT2D eigenvalue weighted by molar-refractivity contribution is 6.30. The van der Waals surface area contributed by atoms with Gasteiger partial charge in [0.15, 0.2) is 0 Å². The number of aromatic carboxylic acids is 1. The highest BCUT2D eigenvalue weighted by atomic mass is 35.5. The fourth-order valence-corrected chi connectivity index (χ4v) is 2.05. The molecule has 0 radical (unpaired) electrons. The number of aryl methyl sites for hydroxylation is 1. The summed E-state index contributed by atoms with van der Waals surface area (Å²) in [4.78, 5) is 11.0. The smallest absolute Gasteiger partial charge is 0.339 e. The van der Waals surface area contributed by atoms with Crippen molar-refractivity contribution in [2.24, 2.45) is 0 Å². The largest absolute Gasteiger partial charge is 0.496 e. The molecular weight excluding hydrogens is 292 g/mol. The molecule has 0 aliphatic rings. The normalized spacial score (nSPS) is 10.2. The summed E-state index contributed by atoms with van der Waals surface area (Å²) in [6, 6.07) is 10.3. The van der Waals surface area contributed by atoms with Crippen molar-refractivity contribution in [2.45, 2.75) is 13.5 Å². The van der Waals surface area contributed by atoms with E-state index in [9.17, 15) is 4.79 Å². The third-order valence-electron chi connectivity index (χ3n) is 3.04. The van der Waals surface area contributed by atoms with E-state index >= 15 is 0 Å². The van der Waals surface area contributed by atoms with Crippen LogP contribution < -0.4 is 9.47 Å². The second-order valence-electron chi connectivity index (χ2n) is 4.54. The zero-order valence-electron chi connectivity index (χ0n) is 11.7. The van der Waals surface area contributed by atoms with Gasteiger partial charge in [0, 0.05) is 5.02 Å². The molecule has 0 bridgehead atoms. The number of carboxylic acids is 1. The topological polar surface area (TPSA) is 55.8 Å². The molecule has 5 heteroatoms. The number of carboxylic acid groups (broad SMARTS) is 1. The molecule has 0 fully saturated rings. The van der Waals surface area contributed by atoms with Crippen LogP contribution in [0.1, 0.15) is 21.5 Å². The molecule has 2 aromatic rings. The minimum Gasteiger partial charge on any atom is -0.496 e. The maximum atomic E-state index is 11.0. The van der Waals surface area contributed by atoms with Crippen LogP contribution in [0, 0.1) is 6.92 Å². The summed E-state index contributed by atoms with van der Waals surface area (Å²) in [5.74, 6) is -0.0137. The van der Waals surface area contributed by atoms with Gasteiger partial charge in [0.25, 0.3) is 0 Å². The maximum absolute atomic E-state index is 11.0. The van der Waals surface area contributed by atoms with Gasteiger partial charge in [-0.05, 0) is 42.3 Å². The Bertz CT molecular complexity index is 667. The summed E-state index contributed by atoms with van der Waals surface area (Å²) in [7, 11) is 1.44. The van der Waals surface area contributed by atoms with E-state index in [0.717, 1.165) is 11.1 Å². The lowest BCUT2D eigenvalue weighted by Crippen LogP contribution is -2.03. The monoisotopic (exact) mass is 306 g/mol. The third-order valence-corrected chi connectivity index (χ3v) is 3.28. The van der Waals surface area contributed by atoms with E-state index in [2.05, 4.69) is 0 Å². The molecule has 21 heavy (non-hydrogen) atoms. The summed E-state index contributed by atoms with van der Waals surface area (Å²) >= 11 is 5.94. The maximum Gasteiger partial charge on any atom is 0.339 e. The van der Waals surface area contributed by atoms with E-state index < -0.39 is 5.97 Å². The lowest BCUT2D eigenvalue weighted by molar-refractivity contribution is 0.0693. The van der Waals surface area contributed by atoms with Gasteiger partial charge >= 0.3 is 5.97 Å². The van der Waals surface area contributed by atoms with Crippen LogP contribution in [-0.2, 0) is 6.61 Å². The van der Waals surface area contributed by atoms with Gasteiger partial charge in [-0.3, -0.25) is 0 Å². The van der Waals surface area contributed by atoms with E-state index in [4.69, 9.17) is 26.2 Å². The first kappa shape index (κ1) is 15.2. The Morgan fingerprint density at radius 2 is 1.95 bits per heavy atom. The predicted molar refractivity (Wildman–Crippen MR) is 80.5 cm³/mol. The van der Waals surface area contributed by atoms with Crippen LogP contribution in [0.5, 0.6) is 11.5 Å². The van der Waals surface area contributed by atoms with Gasteiger partial charge in [0.1, 0.15) is 23.7 Å². The number of ether oxygens (including phenoxy) is 2. The Labute approximate surface area is 127 Å². The number of hydrogen-bond donors (Lipinski definition) is 1. The SMILES string of the molecule is COc1cc(COc2cc(Cl)ccc2C)ccc1C(=O)O. The number of halogens is 1. The number of rotatable bonds is 5. The van der Waals surface area contributed by atoms with Gasteiger partial charge in [-0.25, -0.2) is 4.79 Å². The van der Waals surface area contributed by atoms with Crippen LogP contribution in [-0.4, -0.2) is 18.2 Å². The zero-order valence-corrected chi connectivity index (χ0v) is 12.5. The van der Waals surface area contributed by atoms with E-state index in [1.54, 1.807) is 24.3 Å². The van der Waals surface area contributed by atoms with E-state index in [0.29, 0.717) is 23.1 Å². The summed E-state index contributed by atoms with van der Waals surface area (Å²) in [5, 5.41) is 9.64. The number of hydrogen-bond acceptors (Lipinski definition) is 3. The molecule has 0 amide bonds. The van der Waals surface area contributed by atoms with Gasteiger partial charge in [-0.2, -0.15) is 0 Å². The fourth-order valence-electron chi connectivity index (χ4n) is 1.89. The summed E-state index contributed by atoms with van der Waals surface area (Å²) in [5.41, 5.74) is 1.92. The van der Waals surface area contributed by atoms with E-state index in [1.807, 2.05) is 13.0 Å². The van der Waals surface area contributed by atoms with Gasteiger partial charge in [-0.15, -0.1) is 0 Å². The molecule has 2 aromatic carbocycles. The Kier molecular flexibility index (Phi) is 4.70. The average Bonchev–Trinajstić information content (AvgIpc) is 2.47. The second-order valence-corrected chi connectivity index (χ2v) is 4.97. The molecule has 0 spiro atoms. The lowest BCUT2D eigenvalue weighted by Gasteiger charge is -2.11. The summed E-state index contributed by atoms with van der Waals surface area (Å²) < 4.78 is 10.8. The van der Waals surface area contributed by atoms with Crippen LogP contribution in [0.15, 0.2) is 36.4 Å². The van der Waals surface area contributed by atoms with Crippen molar-refractivity contribution in [3.05, 3.63) is 58.1 Å². The van der Waals surface area contributed by atoms with Crippen LogP contribution >= 0.6 is 11.6 Å². The average molecular weight is 307 g/mol. The van der Waals surface area contributed by atoms with Crippen LogP contribution in [0.4, 0.5) is 0 Å². The Morgan fingerprint density at radius 1 is 1.19 bits per heavy atom. The third kappa shape index (κ3) is 3.67. The minimum absolute atomic E-state index is 0.125. The highest BCUT2D eigenvalue weighted by Gasteiger charge is 2.11. The van der Waals surface area contributed by atoms with Gasteiger partial charge in [0.05, 0.1) is 7.11 Å². The zero-order chi connectivity index (χ0) is 15.4. The number of benzene rings is 2. The number of carbonyl (C=O) groups is 1. The van der Waals surface area contributed by atoms with Crippen molar-refractivity contribution in [1.82, 2.24) is 0 Å². The first-order valence-electron chi connectivity index (χ1n) is 6.30. The van der Waals surface area contributed by atoms with E-state index in [-0.39, 0.29) is 5.56 Å². The molecule has 0 unspecified atom stereocenters. The molecule has 110 valence electrons. The highest BCUT2D eigenvalue weighted by Crippen LogP contribution is 2.25. The molecule has 0 aromatic heterocycles. The molecule has 0 atom stereocenters. The molecule has 0 saturated carbocycles. The van der Waals surface area contributed by atoms with Crippen LogP contribution in [0.3, 0.4) is 0 Å². The Balaban J connectivity index is 2.17. The summed E-state index contributed by atoms with van der Waals surface area (Å²) in [6.45, 7) is 2.23. The first-order valence-corrected chi connectivity index (χ1v) is 6.68. The van der Waals surface area contributed by atoms with Gasteiger partial charge in [-0.1, -0.05) is 23.7 Å². The van der Waals surface area contributed by atoms with Crippen molar-refractivity contribution < 1.29 is 19.4 Å². The van der Waals surface area contributed by atoms with Crippen molar-refractivity contribution in [3.8, 4) is 11.5 Å². The molecule has 0 saturated heterocycles. The molecule has 1 N–H and O–H groups in total. The molecule has 0 heterocycles. The molecular formula is C16H15ClO4. The lowest BCUT2D eigenvalue weighted by atomic mass is 10.1. The number of methoxy groups -OCH3 is 1. The molecule has 4 nitrogen and oxygen atoms in total. The van der Waals surface area contributed by atoms with Crippen LogP contribution in [0.25, 0.3) is 0 Å². The standard InChI is InChI=1S/C16H15ClO4/c1-10-3-5-12(17)8-14(10)21-9-11-4-6-13(16(18)19)15(7-11)20-2/h3-8H,9H2,1-2H3,(H,18,19). The minimum atomic E-state index is -1.02. The first-order chi connectivity index (χ1) is 10.0. The fraction of sp³-hybridized carbons (Fsp3) is 0.188. The summed E-state index contributed by atoms with van der Waals surface area (Å²) in [6.07, 6.45) is 0. The van der Waals surface area contributed by atoms with Crippen molar-refractivity contribution in [2.75, 3.05) is 7.11 Å². The van der Waals surface area contributed by atoms with Crippen molar-refractivity contribution in [3.63, 3.8) is 0 Å². The Hall–Kier alpha value is -2.20. The van der Waals surface area contributed by atoms with Gasteiger partial charge < -0.3 is 14.6 Å². The molecule has 2 rings (SSSR count). The van der Waals surface area contributed by atoms with Crippen LogP contribution in [0.2, 0.25) is 5.02 Å².